The number of esters is 1. The van der Waals surface area contributed by atoms with Crippen molar-refractivity contribution in [2.75, 3.05) is 24.3 Å². The zero-order valence-electron chi connectivity index (χ0n) is 12.3. The lowest BCUT2D eigenvalue weighted by molar-refractivity contribution is 0.00298. The molecule has 1 saturated carbocycles. The quantitative estimate of drug-likeness (QED) is 0.624. The summed E-state index contributed by atoms with van der Waals surface area (Å²) in [6, 6.07) is 3.46. The number of benzene rings is 1. The topological polar surface area (TPSA) is 73.6 Å². The Morgan fingerprint density at radius 3 is 2.71 bits per heavy atom. The summed E-state index contributed by atoms with van der Waals surface area (Å²) in [4.78, 5) is 12.0. The predicted octanol–water partition coefficient (Wildman–Crippen LogP) is 3.08. The average Bonchev–Trinajstić information content (AvgIpc) is 2.38. The Balaban J connectivity index is 2.13. The lowest BCUT2D eigenvalue weighted by Gasteiger charge is -2.36. The zero-order chi connectivity index (χ0) is 15.4. The monoisotopic (exact) mass is 312 g/mol. The van der Waals surface area contributed by atoms with Crippen LogP contribution < -0.4 is 11.1 Å². The van der Waals surface area contributed by atoms with Gasteiger partial charge in [-0.25, -0.2) is 4.79 Å². The molecule has 0 spiro atoms. The molecule has 1 aliphatic rings. The molecular weight excluding hydrogens is 292 g/mol. The molecule has 116 valence electrons. The highest BCUT2D eigenvalue weighted by molar-refractivity contribution is 6.34. The van der Waals surface area contributed by atoms with Gasteiger partial charge in [0, 0.05) is 18.3 Å². The molecular formula is C15H21ClN2O3. The molecule has 0 saturated heterocycles. The fourth-order valence-electron chi connectivity index (χ4n) is 2.40. The van der Waals surface area contributed by atoms with Crippen molar-refractivity contribution < 1.29 is 14.3 Å². The molecule has 1 fully saturated rings. The predicted molar refractivity (Wildman–Crippen MR) is 83.9 cm³/mol. The first kappa shape index (κ1) is 15.9. The molecule has 1 aromatic rings. The largest absolute Gasteiger partial charge is 0.462 e. The molecule has 21 heavy (non-hydrogen) atoms. The molecule has 2 rings (SSSR count). The Kier molecular flexibility index (Phi) is 5.31. The highest BCUT2D eigenvalue weighted by Crippen LogP contribution is 2.34. The van der Waals surface area contributed by atoms with Crippen LogP contribution in [0.2, 0.25) is 5.02 Å². The van der Waals surface area contributed by atoms with Gasteiger partial charge in [0.25, 0.3) is 0 Å². The van der Waals surface area contributed by atoms with E-state index in [9.17, 15) is 4.79 Å². The molecule has 1 aliphatic carbocycles. The van der Waals surface area contributed by atoms with Crippen molar-refractivity contribution >= 4 is 28.9 Å². The van der Waals surface area contributed by atoms with Crippen molar-refractivity contribution in [2.24, 2.45) is 0 Å². The van der Waals surface area contributed by atoms with Crippen molar-refractivity contribution in [1.82, 2.24) is 0 Å². The number of hydrogen-bond acceptors (Lipinski definition) is 5. The smallest absolute Gasteiger partial charge is 0.340 e. The normalized spacial score (nSPS) is 20.7. The van der Waals surface area contributed by atoms with E-state index in [-0.39, 0.29) is 12.1 Å². The van der Waals surface area contributed by atoms with E-state index in [4.69, 9.17) is 26.8 Å². The van der Waals surface area contributed by atoms with Gasteiger partial charge in [-0.05, 0) is 38.8 Å². The molecule has 3 N–H and O–H groups in total. The first-order chi connectivity index (χ1) is 10.0. The van der Waals surface area contributed by atoms with Crippen LogP contribution in [0.3, 0.4) is 0 Å². The Hall–Kier alpha value is -1.46. The first-order valence-electron chi connectivity index (χ1n) is 7.19. The molecule has 5 nitrogen and oxygen atoms in total. The number of nitrogens with two attached hydrogens (primary N) is 1. The van der Waals surface area contributed by atoms with Gasteiger partial charge in [-0.2, -0.15) is 0 Å². The van der Waals surface area contributed by atoms with E-state index in [0.717, 1.165) is 12.8 Å². The van der Waals surface area contributed by atoms with Gasteiger partial charge in [0.05, 0.1) is 29.0 Å². The zero-order valence-corrected chi connectivity index (χ0v) is 13.1. The fraction of sp³-hybridized carbons (Fsp3) is 0.533. The van der Waals surface area contributed by atoms with E-state index in [1.807, 2.05) is 6.92 Å². The number of hydrogen-bond donors (Lipinski definition) is 2. The summed E-state index contributed by atoms with van der Waals surface area (Å²) in [5.74, 6) is -0.421. The molecule has 0 unspecified atom stereocenters. The molecule has 0 radical (unpaired) electrons. The number of nitrogens with one attached hydrogen (secondary N) is 1. The Bertz CT molecular complexity index is 516. The van der Waals surface area contributed by atoms with Crippen LogP contribution in [0.25, 0.3) is 0 Å². The fourth-order valence-corrected chi connectivity index (χ4v) is 2.69. The maximum atomic E-state index is 12.0. The maximum absolute atomic E-state index is 12.0. The van der Waals surface area contributed by atoms with Crippen molar-refractivity contribution in [2.45, 2.75) is 38.8 Å². The van der Waals surface area contributed by atoms with Gasteiger partial charge in [-0.3, -0.25) is 0 Å². The third-order valence-electron chi connectivity index (χ3n) is 3.45. The maximum Gasteiger partial charge on any atom is 0.340 e. The molecule has 0 bridgehead atoms. The molecule has 0 heterocycles. The van der Waals surface area contributed by atoms with Gasteiger partial charge in [-0.15, -0.1) is 0 Å². The van der Waals surface area contributed by atoms with E-state index in [1.54, 1.807) is 19.1 Å². The second-order valence-electron chi connectivity index (χ2n) is 5.04. The van der Waals surface area contributed by atoms with Crippen molar-refractivity contribution in [3.63, 3.8) is 0 Å². The lowest BCUT2D eigenvalue weighted by Crippen LogP contribution is -2.41. The van der Waals surface area contributed by atoms with Crippen molar-refractivity contribution in [3.05, 3.63) is 22.7 Å². The number of halogens is 1. The van der Waals surface area contributed by atoms with Crippen LogP contribution in [0, 0.1) is 0 Å². The summed E-state index contributed by atoms with van der Waals surface area (Å²) < 4.78 is 10.6. The van der Waals surface area contributed by atoms with E-state index in [0.29, 0.717) is 35.2 Å². The molecule has 6 heteroatoms. The summed E-state index contributed by atoms with van der Waals surface area (Å²) >= 11 is 6.22. The lowest BCUT2D eigenvalue weighted by atomic mass is 9.88. The van der Waals surface area contributed by atoms with Gasteiger partial charge in [0.2, 0.25) is 0 Å². The van der Waals surface area contributed by atoms with Gasteiger partial charge in [-0.1, -0.05) is 11.6 Å². The van der Waals surface area contributed by atoms with E-state index in [1.165, 1.54) is 0 Å². The van der Waals surface area contributed by atoms with Crippen LogP contribution in [-0.2, 0) is 9.47 Å². The number of rotatable bonds is 6. The van der Waals surface area contributed by atoms with Crippen LogP contribution in [0.15, 0.2) is 12.1 Å². The standard InChI is InChI=1S/C15H21ClN2O3/c1-3-20-11-7-10(8-11)18-14-12(15(19)21-4-2)5-9(17)6-13(14)16/h5-6,10-11,18H,3-4,7-8,17H2,1-2H3. The number of carbonyl (C=O) groups excluding carboxylic acids is 1. The Morgan fingerprint density at radius 2 is 2.10 bits per heavy atom. The minimum absolute atomic E-state index is 0.246. The highest BCUT2D eigenvalue weighted by atomic mass is 35.5. The van der Waals surface area contributed by atoms with Crippen LogP contribution in [0.4, 0.5) is 11.4 Å². The summed E-state index contributed by atoms with van der Waals surface area (Å²) in [6.07, 6.45) is 2.08. The van der Waals surface area contributed by atoms with Crippen LogP contribution >= 0.6 is 11.6 Å². The minimum atomic E-state index is -0.421. The SMILES string of the molecule is CCOC(=O)c1cc(N)cc(Cl)c1NC1CC(OCC)C1. The van der Waals surface area contributed by atoms with E-state index < -0.39 is 5.97 Å². The molecule has 0 aromatic heterocycles. The summed E-state index contributed by atoms with van der Waals surface area (Å²) in [5, 5.41) is 3.73. The summed E-state index contributed by atoms with van der Waals surface area (Å²) in [7, 11) is 0. The highest BCUT2D eigenvalue weighted by Gasteiger charge is 2.31. The van der Waals surface area contributed by atoms with Gasteiger partial charge < -0.3 is 20.5 Å². The average molecular weight is 313 g/mol. The first-order valence-corrected chi connectivity index (χ1v) is 7.57. The Morgan fingerprint density at radius 1 is 1.38 bits per heavy atom. The van der Waals surface area contributed by atoms with Crippen LogP contribution in [0.5, 0.6) is 0 Å². The summed E-state index contributed by atoms with van der Waals surface area (Å²) in [6.45, 7) is 4.77. The molecule has 1 aromatic carbocycles. The van der Waals surface area contributed by atoms with Gasteiger partial charge >= 0.3 is 5.97 Å². The molecule has 0 amide bonds. The number of anilines is 2. The van der Waals surface area contributed by atoms with Crippen LogP contribution in [-0.4, -0.2) is 31.3 Å². The number of ether oxygens (including phenoxy) is 2. The van der Waals surface area contributed by atoms with Gasteiger partial charge in [0.15, 0.2) is 0 Å². The summed E-state index contributed by atoms with van der Waals surface area (Å²) in [5.41, 5.74) is 7.16. The minimum Gasteiger partial charge on any atom is -0.462 e. The van der Waals surface area contributed by atoms with Crippen molar-refractivity contribution in [3.8, 4) is 0 Å². The van der Waals surface area contributed by atoms with Crippen LogP contribution in [0.1, 0.15) is 37.0 Å². The Labute approximate surface area is 129 Å². The number of nitrogen functional groups attached to an aromatic ring is 1. The van der Waals surface area contributed by atoms with E-state index >= 15 is 0 Å². The second kappa shape index (κ2) is 7.00. The third-order valence-corrected chi connectivity index (χ3v) is 3.75. The van der Waals surface area contributed by atoms with Gasteiger partial charge in [0.1, 0.15) is 0 Å². The van der Waals surface area contributed by atoms with E-state index in [2.05, 4.69) is 5.32 Å². The number of carbonyl (C=O) groups is 1. The second-order valence-corrected chi connectivity index (χ2v) is 5.44. The molecule has 0 aliphatic heterocycles. The molecule has 0 atom stereocenters. The van der Waals surface area contributed by atoms with Crippen molar-refractivity contribution in [1.29, 1.82) is 0 Å². The third kappa shape index (κ3) is 3.80.